The quantitative estimate of drug-likeness (QED) is 0.766. The molecule has 0 bridgehead atoms. The van der Waals surface area contributed by atoms with Gasteiger partial charge in [-0.25, -0.2) is 0 Å². The molecule has 1 atom stereocenters. The molecule has 106 valence electrons. The van der Waals surface area contributed by atoms with Crippen LogP contribution in [0.1, 0.15) is 65.2 Å². The van der Waals surface area contributed by atoms with E-state index in [0.29, 0.717) is 12.0 Å². The van der Waals surface area contributed by atoms with Crippen LogP contribution in [0.25, 0.3) is 0 Å². The van der Waals surface area contributed by atoms with Gasteiger partial charge in [-0.3, -0.25) is 4.79 Å². The van der Waals surface area contributed by atoms with E-state index in [4.69, 9.17) is 4.74 Å². The molecule has 1 aliphatic rings. The Morgan fingerprint density at radius 3 is 2.22 bits per heavy atom. The summed E-state index contributed by atoms with van der Waals surface area (Å²) in [4.78, 5) is 11.8. The molecule has 0 amide bonds. The lowest BCUT2D eigenvalue weighted by molar-refractivity contribution is -0.143. The monoisotopic (exact) mass is 255 g/mol. The maximum Gasteiger partial charge on any atom is 0.322 e. The molecule has 3 heteroatoms. The normalized spacial score (nSPS) is 20.2. The van der Waals surface area contributed by atoms with Gasteiger partial charge in [0, 0.05) is 6.04 Å². The Kier molecular flexibility index (Phi) is 7.33. The standard InChI is InChI=1S/C15H29NO2/c1-12(2)11-14(15(17)18-3)16-13-9-7-5-4-6-8-10-13/h12-14,16H,4-11H2,1-3H3. The van der Waals surface area contributed by atoms with Crippen molar-refractivity contribution >= 4 is 5.97 Å². The lowest BCUT2D eigenvalue weighted by Crippen LogP contribution is -2.44. The molecule has 1 aliphatic carbocycles. The molecule has 0 saturated heterocycles. The summed E-state index contributed by atoms with van der Waals surface area (Å²) in [6, 6.07) is 0.368. The fraction of sp³-hybridized carbons (Fsp3) is 0.933. The van der Waals surface area contributed by atoms with Crippen LogP contribution in [0.3, 0.4) is 0 Å². The minimum absolute atomic E-state index is 0.106. The molecule has 1 saturated carbocycles. The van der Waals surface area contributed by atoms with Gasteiger partial charge >= 0.3 is 5.97 Å². The SMILES string of the molecule is COC(=O)C(CC(C)C)NC1CCCCCCC1. The second kappa shape index (κ2) is 8.52. The summed E-state index contributed by atoms with van der Waals surface area (Å²) < 4.78 is 4.91. The fourth-order valence-electron chi connectivity index (χ4n) is 2.75. The van der Waals surface area contributed by atoms with Crippen molar-refractivity contribution in [2.24, 2.45) is 5.92 Å². The molecule has 0 aromatic rings. The smallest absolute Gasteiger partial charge is 0.322 e. The number of carbonyl (C=O) groups excluding carboxylic acids is 1. The molecule has 0 aromatic carbocycles. The van der Waals surface area contributed by atoms with Gasteiger partial charge in [0.1, 0.15) is 6.04 Å². The summed E-state index contributed by atoms with van der Waals surface area (Å²) in [6.07, 6.45) is 9.89. The third-order valence-corrected chi connectivity index (χ3v) is 3.73. The number of ether oxygens (including phenoxy) is 1. The van der Waals surface area contributed by atoms with Crippen LogP contribution in [0.4, 0.5) is 0 Å². The third kappa shape index (κ3) is 5.85. The van der Waals surface area contributed by atoms with Crippen LogP contribution in [0.5, 0.6) is 0 Å². The fourth-order valence-corrected chi connectivity index (χ4v) is 2.75. The van der Waals surface area contributed by atoms with E-state index in [1.165, 1.54) is 52.1 Å². The van der Waals surface area contributed by atoms with Gasteiger partial charge < -0.3 is 10.1 Å². The lowest BCUT2D eigenvalue weighted by Gasteiger charge is -2.26. The molecule has 0 heterocycles. The van der Waals surface area contributed by atoms with E-state index in [1.807, 2.05) is 0 Å². The van der Waals surface area contributed by atoms with Crippen LogP contribution >= 0.6 is 0 Å². The highest BCUT2D eigenvalue weighted by atomic mass is 16.5. The van der Waals surface area contributed by atoms with Crippen LogP contribution < -0.4 is 5.32 Å². The highest BCUT2D eigenvalue weighted by Crippen LogP contribution is 2.18. The number of hydrogen-bond acceptors (Lipinski definition) is 3. The number of nitrogens with one attached hydrogen (secondary N) is 1. The number of rotatable bonds is 5. The van der Waals surface area contributed by atoms with E-state index >= 15 is 0 Å². The van der Waals surface area contributed by atoms with E-state index in [0.717, 1.165) is 6.42 Å². The minimum atomic E-state index is -0.126. The van der Waals surface area contributed by atoms with Crippen molar-refractivity contribution in [1.29, 1.82) is 0 Å². The summed E-state index contributed by atoms with van der Waals surface area (Å²) >= 11 is 0. The molecule has 18 heavy (non-hydrogen) atoms. The van der Waals surface area contributed by atoms with Crippen molar-refractivity contribution in [3.8, 4) is 0 Å². The first-order valence-corrected chi connectivity index (χ1v) is 7.47. The van der Waals surface area contributed by atoms with E-state index in [1.54, 1.807) is 0 Å². The first-order chi connectivity index (χ1) is 8.63. The van der Waals surface area contributed by atoms with Gasteiger partial charge in [0.25, 0.3) is 0 Å². The molecule has 1 fully saturated rings. The van der Waals surface area contributed by atoms with Gasteiger partial charge in [0.2, 0.25) is 0 Å². The summed E-state index contributed by atoms with van der Waals surface area (Å²) in [5.74, 6) is 0.404. The molecule has 1 N–H and O–H groups in total. The Morgan fingerprint density at radius 2 is 1.72 bits per heavy atom. The molecule has 1 unspecified atom stereocenters. The van der Waals surface area contributed by atoms with Crippen LogP contribution in [0, 0.1) is 5.92 Å². The Bertz CT molecular complexity index is 233. The molecular weight excluding hydrogens is 226 g/mol. The third-order valence-electron chi connectivity index (χ3n) is 3.73. The van der Waals surface area contributed by atoms with E-state index in [9.17, 15) is 4.79 Å². The molecule has 1 rings (SSSR count). The second-order valence-electron chi connectivity index (χ2n) is 5.91. The number of hydrogen-bond donors (Lipinski definition) is 1. The average Bonchev–Trinajstić information content (AvgIpc) is 2.29. The van der Waals surface area contributed by atoms with Gasteiger partial charge in [-0.05, 0) is 25.2 Å². The highest BCUT2D eigenvalue weighted by Gasteiger charge is 2.23. The van der Waals surface area contributed by atoms with Crippen molar-refractivity contribution in [2.45, 2.75) is 77.3 Å². The number of esters is 1. The zero-order valence-electron chi connectivity index (χ0n) is 12.2. The molecule has 0 radical (unpaired) electrons. The first-order valence-electron chi connectivity index (χ1n) is 7.47. The molecule has 0 spiro atoms. The second-order valence-corrected chi connectivity index (χ2v) is 5.91. The highest BCUT2D eigenvalue weighted by molar-refractivity contribution is 5.75. The van der Waals surface area contributed by atoms with Crippen molar-refractivity contribution in [3.63, 3.8) is 0 Å². The van der Waals surface area contributed by atoms with Gasteiger partial charge in [-0.2, -0.15) is 0 Å². The van der Waals surface area contributed by atoms with Crippen LogP contribution in [-0.4, -0.2) is 25.2 Å². The maximum absolute atomic E-state index is 11.8. The topological polar surface area (TPSA) is 38.3 Å². The van der Waals surface area contributed by atoms with Crippen molar-refractivity contribution in [1.82, 2.24) is 5.32 Å². The summed E-state index contributed by atoms with van der Waals surface area (Å²) in [7, 11) is 1.48. The largest absolute Gasteiger partial charge is 0.468 e. The number of carbonyl (C=O) groups is 1. The van der Waals surface area contributed by atoms with Crippen LogP contribution in [-0.2, 0) is 9.53 Å². The number of methoxy groups -OCH3 is 1. The first kappa shape index (κ1) is 15.5. The summed E-state index contributed by atoms with van der Waals surface area (Å²) in [5, 5.41) is 3.53. The van der Waals surface area contributed by atoms with Crippen molar-refractivity contribution in [3.05, 3.63) is 0 Å². The van der Waals surface area contributed by atoms with Gasteiger partial charge in [-0.15, -0.1) is 0 Å². The molecule has 0 aliphatic heterocycles. The lowest BCUT2D eigenvalue weighted by atomic mass is 9.95. The zero-order chi connectivity index (χ0) is 13.4. The summed E-state index contributed by atoms with van der Waals surface area (Å²) in [6.45, 7) is 4.30. The summed E-state index contributed by atoms with van der Waals surface area (Å²) in [5.41, 5.74) is 0. The zero-order valence-corrected chi connectivity index (χ0v) is 12.2. The van der Waals surface area contributed by atoms with Crippen LogP contribution in [0.15, 0.2) is 0 Å². The average molecular weight is 255 g/mol. The van der Waals surface area contributed by atoms with Gasteiger partial charge in [-0.1, -0.05) is 46.0 Å². The Labute approximate surface area is 112 Å². The van der Waals surface area contributed by atoms with E-state index in [2.05, 4.69) is 19.2 Å². The van der Waals surface area contributed by atoms with E-state index in [-0.39, 0.29) is 12.0 Å². The van der Waals surface area contributed by atoms with Crippen molar-refractivity contribution in [2.75, 3.05) is 7.11 Å². The van der Waals surface area contributed by atoms with Crippen LogP contribution in [0.2, 0.25) is 0 Å². The molecule has 3 nitrogen and oxygen atoms in total. The van der Waals surface area contributed by atoms with Crippen molar-refractivity contribution < 1.29 is 9.53 Å². The Balaban J connectivity index is 2.48. The molecule has 0 aromatic heterocycles. The van der Waals surface area contributed by atoms with E-state index < -0.39 is 0 Å². The predicted octanol–water partition coefficient (Wildman–Crippen LogP) is 3.28. The minimum Gasteiger partial charge on any atom is -0.468 e. The Morgan fingerprint density at radius 1 is 1.17 bits per heavy atom. The Hall–Kier alpha value is -0.570. The van der Waals surface area contributed by atoms with Gasteiger partial charge in [0.05, 0.1) is 7.11 Å². The maximum atomic E-state index is 11.8. The van der Waals surface area contributed by atoms with Gasteiger partial charge in [0.15, 0.2) is 0 Å². The molecular formula is C15H29NO2. The predicted molar refractivity (Wildman–Crippen MR) is 74.5 cm³/mol.